The average Bonchev–Trinajstić information content (AvgIpc) is 3.24. The molecule has 3 aromatic rings. The molecule has 11 heteroatoms. The van der Waals surface area contributed by atoms with Crippen LogP contribution < -0.4 is 5.32 Å². The number of benzene rings is 2. The van der Waals surface area contributed by atoms with Gasteiger partial charge in [-0.15, -0.1) is 0 Å². The molecule has 1 aliphatic rings. The van der Waals surface area contributed by atoms with Crippen molar-refractivity contribution in [2.24, 2.45) is 5.92 Å². The van der Waals surface area contributed by atoms with E-state index in [2.05, 4.69) is 15.3 Å². The molecule has 0 radical (unpaired) electrons. The lowest BCUT2D eigenvalue weighted by Crippen LogP contribution is -2.43. The number of nitrogens with zero attached hydrogens (tertiary/aromatic N) is 3. The summed E-state index contributed by atoms with van der Waals surface area (Å²) < 4.78 is 27.4. The van der Waals surface area contributed by atoms with E-state index in [0.29, 0.717) is 31.4 Å². The van der Waals surface area contributed by atoms with Gasteiger partial charge in [-0.25, -0.2) is 13.4 Å². The maximum Gasteiger partial charge on any atom is 0.270 e. The topological polar surface area (TPSA) is 138 Å². The van der Waals surface area contributed by atoms with Crippen molar-refractivity contribution in [3.63, 3.8) is 0 Å². The maximum atomic E-state index is 13.1. The van der Waals surface area contributed by atoms with Crippen LogP contribution in [0.25, 0.3) is 11.0 Å². The fourth-order valence-electron chi connectivity index (χ4n) is 4.21. The fourth-order valence-corrected chi connectivity index (χ4v) is 5.93. The van der Waals surface area contributed by atoms with Crippen LogP contribution in [0.15, 0.2) is 47.4 Å². The summed E-state index contributed by atoms with van der Waals surface area (Å²) in [7, 11) is -3.87. The molecule has 0 aliphatic carbocycles. The van der Waals surface area contributed by atoms with E-state index in [-0.39, 0.29) is 35.5 Å². The van der Waals surface area contributed by atoms with Crippen molar-refractivity contribution in [3.8, 4) is 0 Å². The van der Waals surface area contributed by atoms with Crippen molar-refractivity contribution in [2.75, 3.05) is 19.6 Å². The summed E-state index contributed by atoms with van der Waals surface area (Å²) in [6.45, 7) is 2.52. The third kappa shape index (κ3) is 5.10. The summed E-state index contributed by atoms with van der Waals surface area (Å²) in [5.41, 5.74) is 2.10. The van der Waals surface area contributed by atoms with E-state index in [0.717, 1.165) is 29.3 Å². The zero-order valence-electron chi connectivity index (χ0n) is 18.9. The number of aromatic amines is 1. The summed E-state index contributed by atoms with van der Waals surface area (Å²) in [6, 6.07) is 11.6. The number of para-hydroxylation sites is 2. The largest absolute Gasteiger partial charge is 0.356 e. The molecule has 0 unspecified atom stereocenters. The Labute approximate surface area is 197 Å². The Morgan fingerprint density at radius 3 is 2.68 bits per heavy atom. The number of aromatic nitrogens is 2. The van der Waals surface area contributed by atoms with E-state index < -0.39 is 14.9 Å². The second-order valence-corrected chi connectivity index (χ2v) is 10.4. The average molecular weight is 486 g/mol. The highest BCUT2D eigenvalue weighted by atomic mass is 32.2. The minimum absolute atomic E-state index is 0.0600. The number of aryl methyl sites for hydroxylation is 2. The Bertz CT molecular complexity index is 1280. The molecule has 2 heterocycles. The predicted octanol–water partition coefficient (Wildman–Crippen LogP) is 2.93. The number of amides is 1. The van der Waals surface area contributed by atoms with Crippen LogP contribution in [0, 0.1) is 23.0 Å². The number of hydrogen-bond acceptors (Lipinski definition) is 6. The van der Waals surface area contributed by atoms with Crippen LogP contribution in [-0.4, -0.2) is 53.2 Å². The lowest BCUT2D eigenvalue weighted by atomic mass is 9.97. The van der Waals surface area contributed by atoms with Crippen molar-refractivity contribution in [2.45, 2.75) is 37.5 Å². The number of carbonyl (C=O) groups is 1. The molecule has 2 N–H and O–H groups in total. The summed E-state index contributed by atoms with van der Waals surface area (Å²) in [4.78, 5) is 30.8. The lowest BCUT2D eigenvalue weighted by Gasteiger charge is -2.30. The Hall–Kier alpha value is -3.31. The van der Waals surface area contributed by atoms with Crippen LogP contribution in [-0.2, 0) is 21.2 Å². The first-order valence-corrected chi connectivity index (χ1v) is 12.7. The van der Waals surface area contributed by atoms with Gasteiger partial charge in [-0.05, 0) is 43.9 Å². The zero-order valence-corrected chi connectivity index (χ0v) is 19.7. The zero-order chi connectivity index (χ0) is 24.3. The standard InChI is InChI=1S/C23H27N5O5S/c1-16-8-9-18(28(30)31)15-21(16)34(32,33)27-13-10-17(11-14-27)23(29)24-12-4-7-22-25-19-5-2-3-6-20(19)26-22/h2-3,5-6,8-9,15,17H,4,7,10-14H2,1H3,(H,24,29)(H,25,26). The molecule has 180 valence electrons. The minimum atomic E-state index is -3.87. The van der Waals surface area contributed by atoms with Gasteiger partial charge < -0.3 is 10.3 Å². The second kappa shape index (κ2) is 9.90. The molecule has 4 rings (SSSR count). The van der Waals surface area contributed by atoms with Gasteiger partial charge in [-0.3, -0.25) is 14.9 Å². The van der Waals surface area contributed by atoms with Crippen molar-refractivity contribution >= 4 is 32.7 Å². The van der Waals surface area contributed by atoms with Gasteiger partial charge in [-0.1, -0.05) is 18.2 Å². The van der Waals surface area contributed by atoms with Crippen molar-refractivity contribution < 1.29 is 18.1 Å². The highest BCUT2D eigenvalue weighted by molar-refractivity contribution is 7.89. The molecule has 1 aromatic heterocycles. The maximum absolute atomic E-state index is 13.1. The van der Waals surface area contributed by atoms with Gasteiger partial charge in [0.25, 0.3) is 5.69 Å². The molecule has 0 saturated carbocycles. The molecule has 10 nitrogen and oxygen atoms in total. The fraction of sp³-hybridized carbons (Fsp3) is 0.391. The van der Waals surface area contributed by atoms with Crippen LogP contribution >= 0.6 is 0 Å². The molecular formula is C23H27N5O5S. The van der Waals surface area contributed by atoms with E-state index in [1.54, 1.807) is 6.92 Å². The van der Waals surface area contributed by atoms with Crippen LogP contribution in [0.2, 0.25) is 0 Å². The molecule has 1 fully saturated rings. The number of H-pyrrole nitrogens is 1. The van der Waals surface area contributed by atoms with Gasteiger partial charge in [-0.2, -0.15) is 4.31 Å². The molecule has 2 aromatic carbocycles. The number of fused-ring (bicyclic) bond motifs is 1. The Kier molecular flexibility index (Phi) is 6.94. The summed E-state index contributed by atoms with van der Waals surface area (Å²) in [6.07, 6.45) is 2.27. The third-order valence-corrected chi connectivity index (χ3v) is 8.19. The lowest BCUT2D eigenvalue weighted by molar-refractivity contribution is -0.385. The number of sulfonamides is 1. The normalized spacial score (nSPS) is 15.4. The first-order chi connectivity index (χ1) is 16.3. The minimum Gasteiger partial charge on any atom is -0.356 e. The first-order valence-electron chi connectivity index (χ1n) is 11.2. The molecule has 34 heavy (non-hydrogen) atoms. The monoisotopic (exact) mass is 485 g/mol. The molecule has 0 bridgehead atoms. The van der Waals surface area contributed by atoms with Crippen LogP contribution in [0.5, 0.6) is 0 Å². The van der Waals surface area contributed by atoms with Crippen LogP contribution in [0.1, 0.15) is 30.7 Å². The molecule has 0 atom stereocenters. The SMILES string of the molecule is Cc1ccc([N+](=O)[O-])cc1S(=O)(=O)N1CCC(C(=O)NCCCc2nc3ccccc3[nH]2)CC1. The van der Waals surface area contributed by atoms with Crippen LogP contribution in [0.4, 0.5) is 5.69 Å². The van der Waals surface area contributed by atoms with Crippen molar-refractivity contribution in [1.82, 2.24) is 19.6 Å². The number of imidazole rings is 1. The predicted molar refractivity (Wildman–Crippen MR) is 127 cm³/mol. The van der Waals surface area contributed by atoms with E-state index in [9.17, 15) is 23.3 Å². The highest BCUT2D eigenvalue weighted by Crippen LogP contribution is 2.28. The van der Waals surface area contributed by atoms with Crippen molar-refractivity contribution in [1.29, 1.82) is 0 Å². The third-order valence-electron chi connectivity index (χ3n) is 6.15. The van der Waals surface area contributed by atoms with Crippen molar-refractivity contribution in [3.05, 3.63) is 64.0 Å². The first kappa shape index (κ1) is 23.8. The van der Waals surface area contributed by atoms with Gasteiger partial charge in [0.2, 0.25) is 15.9 Å². The molecule has 1 amide bonds. The smallest absolute Gasteiger partial charge is 0.270 e. The molecule has 1 saturated heterocycles. The van der Waals surface area contributed by atoms with Gasteiger partial charge >= 0.3 is 0 Å². The number of non-ortho nitro benzene ring substituents is 1. The van der Waals surface area contributed by atoms with Gasteiger partial charge in [0.05, 0.1) is 20.9 Å². The van der Waals surface area contributed by atoms with E-state index >= 15 is 0 Å². The number of carbonyl (C=O) groups excluding carboxylic acids is 1. The number of piperidine rings is 1. The van der Waals surface area contributed by atoms with E-state index in [4.69, 9.17) is 0 Å². The number of nitro groups is 1. The summed E-state index contributed by atoms with van der Waals surface area (Å²) in [5.74, 6) is 0.544. The number of hydrogen-bond donors (Lipinski definition) is 2. The molecule has 0 spiro atoms. The van der Waals surface area contributed by atoms with Gasteiger partial charge in [0.15, 0.2) is 0 Å². The number of nitrogens with one attached hydrogen (secondary N) is 2. The van der Waals surface area contributed by atoms with Gasteiger partial charge in [0.1, 0.15) is 5.82 Å². The number of rotatable bonds is 8. The Morgan fingerprint density at radius 1 is 1.24 bits per heavy atom. The van der Waals surface area contributed by atoms with Gasteiger partial charge in [0, 0.05) is 44.1 Å². The quantitative estimate of drug-likeness (QED) is 0.286. The van der Waals surface area contributed by atoms with E-state index in [1.807, 2.05) is 24.3 Å². The number of nitro benzene ring substituents is 1. The summed E-state index contributed by atoms with van der Waals surface area (Å²) >= 11 is 0. The molecular weight excluding hydrogens is 458 g/mol. The second-order valence-electron chi connectivity index (χ2n) is 8.48. The van der Waals surface area contributed by atoms with Crippen LogP contribution in [0.3, 0.4) is 0 Å². The Morgan fingerprint density at radius 2 is 1.97 bits per heavy atom. The Balaban J connectivity index is 1.27. The summed E-state index contributed by atoms with van der Waals surface area (Å²) in [5, 5.41) is 14.0. The van der Waals surface area contributed by atoms with E-state index in [1.165, 1.54) is 16.4 Å². The molecule has 1 aliphatic heterocycles. The highest BCUT2D eigenvalue weighted by Gasteiger charge is 2.33.